The average molecular weight is 274 g/mol. The predicted octanol–water partition coefficient (Wildman–Crippen LogP) is 3.05. The molecule has 0 saturated heterocycles. The molecule has 2 aromatic rings. The standard InChI is InChI=1S/C15H14O3S/c1-19(16,17)18-12-15(13-8-4-2-5-9-13)14-10-6-3-7-11-14/h2-12H,1H3. The van der Waals surface area contributed by atoms with Crippen LogP contribution in [0.15, 0.2) is 66.9 Å². The van der Waals surface area contributed by atoms with Crippen LogP contribution in [0.3, 0.4) is 0 Å². The van der Waals surface area contributed by atoms with E-state index in [2.05, 4.69) is 0 Å². The molecule has 0 aliphatic rings. The fourth-order valence-electron chi connectivity index (χ4n) is 1.67. The van der Waals surface area contributed by atoms with Crippen LogP contribution in [-0.4, -0.2) is 14.7 Å². The molecule has 0 radical (unpaired) electrons. The zero-order valence-electron chi connectivity index (χ0n) is 10.5. The highest BCUT2D eigenvalue weighted by Gasteiger charge is 2.07. The summed E-state index contributed by atoms with van der Waals surface area (Å²) in [6.45, 7) is 0. The fraction of sp³-hybridized carbons (Fsp3) is 0.0667. The number of benzene rings is 2. The van der Waals surface area contributed by atoms with E-state index in [1.54, 1.807) is 0 Å². The van der Waals surface area contributed by atoms with E-state index in [-0.39, 0.29) is 0 Å². The molecular weight excluding hydrogens is 260 g/mol. The number of rotatable bonds is 4. The zero-order valence-corrected chi connectivity index (χ0v) is 11.3. The zero-order chi connectivity index (χ0) is 13.7. The van der Waals surface area contributed by atoms with Gasteiger partial charge < -0.3 is 4.18 Å². The molecule has 0 bridgehead atoms. The van der Waals surface area contributed by atoms with Gasteiger partial charge in [0, 0.05) is 5.57 Å². The highest BCUT2D eigenvalue weighted by atomic mass is 32.2. The van der Waals surface area contributed by atoms with Crippen LogP contribution in [0.5, 0.6) is 0 Å². The Kier molecular flexibility index (Phi) is 4.02. The first-order valence-electron chi connectivity index (χ1n) is 5.75. The Morgan fingerprint density at radius 1 is 0.895 bits per heavy atom. The minimum atomic E-state index is -3.51. The van der Waals surface area contributed by atoms with Crippen LogP contribution in [0.4, 0.5) is 0 Å². The van der Waals surface area contributed by atoms with Crippen LogP contribution in [0.25, 0.3) is 5.57 Å². The van der Waals surface area contributed by atoms with Crippen molar-refractivity contribution in [2.45, 2.75) is 0 Å². The number of hydrogen-bond donors (Lipinski definition) is 0. The van der Waals surface area contributed by atoms with Gasteiger partial charge in [0.15, 0.2) is 0 Å². The molecule has 4 heteroatoms. The second kappa shape index (κ2) is 5.71. The summed E-state index contributed by atoms with van der Waals surface area (Å²) in [7, 11) is -3.51. The van der Waals surface area contributed by atoms with Crippen LogP contribution < -0.4 is 0 Å². The maximum Gasteiger partial charge on any atom is 0.305 e. The molecule has 0 aromatic heterocycles. The minimum absolute atomic E-state index is 0.728. The second-order valence-electron chi connectivity index (χ2n) is 4.06. The van der Waals surface area contributed by atoms with E-state index in [1.165, 1.54) is 6.26 Å². The molecule has 2 aromatic carbocycles. The molecule has 0 saturated carbocycles. The third-order valence-electron chi connectivity index (χ3n) is 2.51. The van der Waals surface area contributed by atoms with Crippen molar-refractivity contribution in [1.29, 1.82) is 0 Å². The topological polar surface area (TPSA) is 43.4 Å². The first-order chi connectivity index (χ1) is 9.06. The van der Waals surface area contributed by atoms with E-state index in [0.717, 1.165) is 23.0 Å². The number of hydrogen-bond acceptors (Lipinski definition) is 3. The highest BCUT2D eigenvalue weighted by Crippen LogP contribution is 2.23. The van der Waals surface area contributed by atoms with Gasteiger partial charge in [-0.25, -0.2) is 0 Å². The Morgan fingerprint density at radius 2 is 1.32 bits per heavy atom. The van der Waals surface area contributed by atoms with Gasteiger partial charge in [-0.3, -0.25) is 0 Å². The SMILES string of the molecule is CS(=O)(=O)OC=C(c1ccccc1)c1ccccc1. The van der Waals surface area contributed by atoms with Crippen molar-refractivity contribution >= 4 is 15.7 Å². The van der Waals surface area contributed by atoms with Gasteiger partial charge in [0.1, 0.15) is 6.26 Å². The van der Waals surface area contributed by atoms with Gasteiger partial charge in [0.2, 0.25) is 0 Å². The average Bonchev–Trinajstić information content (AvgIpc) is 2.40. The normalized spacial score (nSPS) is 10.8. The third kappa shape index (κ3) is 3.96. The summed E-state index contributed by atoms with van der Waals surface area (Å²) in [5.41, 5.74) is 2.53. The maximum atomic E-state index is 11.1. The summed E-state index contributed by atoms with van der Waals surface area (Å²) in [4.78, 5) is 0. The molecule has 0 atom stereocenters. The summed E-state index contributed by atoms with van der Waals surface area (Å²) in [5.74, 6) is 0. The summed E-state index contributed by atoms with van der Waals surface area (Å²) < 4.78 is 27.1. The molecule has 0 fully saturated rings. The van der Waals surface area contributed by atoms with Gasteiger partial charge in [-0.05, 0) is 11.1 Å². The van der Waals surface area contributed by atoms with Crippen LogP contribution in [0.1, 0.15) is 11.1 Å². The van der Waals surface area contributed by atoms with Gasteiger partial charge in [-0.1, -0.05) is 60.7 Å². The van der Waals surface area contributed by atoms with Crippen molar-refractivity contribution in [2.24, 2.45) is 0 Å². The van der Waals surface area contributed by atoms with Crippen molar-refractivity contribution in [1.82, 2.24) is 0 Å². The maximum absolute atomic E-state index is 11.1. The molecule has 0 unspecified atom stereocenters. The van der Waals surface area contributed by atoms with Crippen molar-refractivity contribution in [2.75, 3.05) is 6.26 Å². The largest absolute Gasteiger partial charge is 0.390 e. The molecule has 0 aliphatic heterocycles. The van der Waals surface area contributed by atoms with E-state index < -0.39 is 10.1 Å². The molecule has 0 heterocycles. The lowest BCUT2D eigenvalue weighted by molar-refractivity contribution is 0.451. The van der Waals surface area contributed by atoms with Gasteiger partial charge in [0.05, 0.1) is 6.26 Å². The third-order valence-corrected chi connectivity index (χ3v) is 2.96. The van der Waals surface area contributed by atoms with Gasteiger partial charge in [-0.15, -0.1) is 0 Å². The van der Waals surface area contributed by atoms with Gasteiger partial charge in [0.25, 0.3) is 0 Å². The minimum Gasteiger partial charge on any atom is -0.390 e. The quantitative estimate of drug-likeness (QED) is 0.635. The van der Waals surface area contributed by atoms with Crippen LogP contribution in [0, 0.1) is 0 Å². The lowest BCUT2D eigenvalue weighted by Gasteiger charge is -2.08. The summed E-state index contributed by atoms with van der Waals surface area (Å²) in [5, 5.41) is 0. The van der Waals surface area contributed by atoms with Crippen molar-refractivity contribution < 1.29 is 12.6 Å². The smallest absolute Gasteiger partial charge is 0.305 e. The Balaban J connectivity index is 2.46. The van der Waals surface area contributed by atoms with E-state index in [1.807, 2.05) is 60.7 Å². The molecule has 19 heavy (non-hydrogen) atoms. The lowest BCUT2D eigenvalue weighted by Crippen LogP contribution is -1.98. The van der Waals surface area contributed by atoms with E-state index in [4.69, 9.17) is 4.18 Å². The summed E-state index contributed by atoms with van der Waals surface area (Å²) in [6, 6.07) is 19.0. The summed E-state index contributed by atoms with van der Waals surface area (Å²) >= 11 is 0. The van der Waals surface area contributed by atoms with Crippen molar-refractivity contribution in [3.63, 3.8) is 0 Å². The van der Waals surface area contributed by atoms with Gasteiger partial charge in [-0.2, -0.15) is 8.42 Å². The fourth-order valence-corrected chi connectivity index (χ4v) is 1.94. The Morgan fingerprint density at radius 3 is 1.68 bits per heavy atom. The van der Waals surface area contributed by atoms with Crippen LogP contribution >= 0.6 is 0 Å². The van der Waals surface area contributed by atoms with Crippen molar-refractivity contribution in [3.05, 3.63) is 78.1 Å². The Labute approximate surface area is 113 Å². The highest BCUT2D eigenvalue weighted by molar-refractivity contribution is 7.86. The predicted molar refractivity (Wildman–Crippen MR) is 75.9 cm³/mol. The van der Waals surface area contributed by atoms with E-state index in [9.17, 15) is 8.42 Å². The lowest BCUT2D eigenvalue weighted by atomic mass is 9.99. The molecule has 0 aliphatic carbocycles. The summed E-state index contributed by atoms with van der Waals surface area (Å²) in [6.07, 6.45) is 2.30. The van der Waals surface area contributed by atoms with E-state index >= 15 is 0 Å². The monoisotopic (exact) mass is 274 g/mol. The first kappa shape index (κ1) is 13.4. The van der Waals surface area contributed by atoms with Crippen LogP contribution in [-0.2, 0) is 14.3 Å². The first-order valence-corrected chi connectivity index (χ1v) is 7.57. The molecule has 0 spiro atoms. The van der Waals surface area contributed by atoms with E-state index in [0.29, 0.717) is 0 Å². The molecule has 0 N–H and O–H groups in total. The molecule has 0 amide bonds. The molecular formula is C15H14O3S. The molecule has 2 rings (SSSR count). The van der Waals surface area contributed by atoms with Crippen LogP contribution in [0.2, 0.25) is 0 Å². The Hall–Kier alpha value is -2.07. The Bertz CT molecular complexity index is 618. The molecule has 98 valence electrons. The van der Waals surface area contributed by atoms with Crippen molar-refractivity contribution in [3.8, 4) is 0 Å². The van der Waals surface area contributed by atoms with Gasteiger partial charge >= 0.3 is 10.1 Å². The molecule has 3 nitrogen and oxygen atoms in total. The second-order valence-corrected chi connectivity index (χ2v) is 5.66.